The van der Waals surface area contributed by atoms with Gasteiger partial charge in [-0.15, -0.1) is 11.3 Å². The van der Waals surface area contributed by atoms with E-state index in [0.29, 0.717) is 47.2 Å². The number of benzene rings is 1. The van der Waals surface area contributed by atoms with Gasteiger partial charge in [-0.05, 0) is 55.8 Å². The Morgan fingerprint density at radius 2 is 1.79 bits per heavy atom. The van der Waals surface area contributed by atoms with Gasteiger partial charge in [-0.3, -0.25) is 14.3 Å². The van der Waals surface area contributed by atoms with Gasteiger partial charge in [0.05, 0.1) is 16.6 Å². The van der Waals surface area contributed by atoms with Gasteiger partial charge in [0.2, 0.25) is 5.88 Å². The van der Waals surface area contributed by atoms with E-state index in [9.17, 15) is 19.1 Å². The quantitative estimate of drug-likeness (QED) is 0.368. The number of halogens is 1. The molecule has 11 heteroatoms. The fourth-order valence-corrected chi connectivity index (χ4v) is 5.61. The van der Waals surface area contributed by atoms with Crippen molar-refractivity contribution in [2.75, 3.05) is 13.1 Å². The molecule has 0 spiro atoms. The van der Waals surface area contributed by atoms with E-state index >= 15 is 0 Å². The van der Waals surface area contributed by atoms with Crippen molar-refractivity contribution in [1.82, 2.24) is 24.6 Å². The summed E-state index contributed by atoms with van der Waals surface area (Å²) in [5, 5.41) is 16.1. The number of aromatic nitrogens is 4. The molecular weight excluding hydrogens is 521 g/mol. The minimum absolute atomic E-state index is 0.0839. The predicted octanol–water partition coefficient (Wildman–Crippen LogP) is 4.26. The number of carboxylic acids is 1. The maximum Gasteiger partial charge on any atom is 0.313 e. The van der Waals surface area contributed by atoms with Gasteiger partial charge in [0, 0.05) is 49.0 Å². The van der Waals surface area contributed by atoms with E-state index in [1.165, 1.54) is 23.5 Å². The highest BCUT2D eigenvalue weighted by molar-refractivity contribution is 7.07. The van der Waals surface area contributed by atoms with Crippen molar-refractivity contribution >= 4 is 23.2 Å². The molecule has 2 fully saturated rings. The Kier molecular flexibility index (Phi) is 5.98. The van der Waals surface area contributed by atoms with Gasteiger partial charge >= 0.3 is 5.97 Å². The van der Waals surface area contributed by atoms with Gasteiger partial charge in [0.25, 0.3) is 5.91 Å². The number of hydrogen-bond acceptors (Lipinski definition) is 7. The Morgan fingerprint density at radius 3 is 2.44 bits per heavy atom. The van der Waals surface area contributed by atoms with Crippen LogP contribution in [0.15, 0.2) is 53.4 Å². The fraction of sp³-hybridized carbons (Fsp3) is 0.321. The van der Waals surface area contributed by atoms with Crippen LogP contribution in [0.5, 0.6) is 5.88 Å². The third-order valence-corrected chi connectivity index (χ3v) is 8.24. The smallest absolute Gasteiger partial charge is 0.313 e. The Bertz CT molecular complexity index is 1560. The molecule has 6 rings (SSSR count). The van der Waals surface area contributed by atoms with Crippen molar-refractivity contribution in [3.63, 3.8) is 0 Å². The van der Waals surface area contributed by atoms with Crippen LogP contribution in [-0.4, -0.2) is 60.8 Å². The van der Waals surface area contributed by atoms with Crippen LogP contribution in [0.1, 0.15) is 29.9 Å². The summed E-state index contributed by atoms with van der Waals surface area (Å²) in [6.45, 7) is 4.35. The summed E-state index contributed by atoms with van der Waals surface area (Å²) in [6, 6.07) is 11.0. The number of carboxylic acid groups (broad SMARTS) is 1. The minimum atomic E-state index is -1.18. The number of aryl methyl sites for hydroxylation is 1. The van der Waals surface area contributed by atoms with Gasteiger partial charge in [-0.25, -0.2) is 14.4 Å². The molecule has 3 aromatic heterocycles. The number of carbonyl (C=O) groups excluding carboxylic acids is 1. The van der Waals surface area contributed by atoms with Crippen molar-refractivity contribution in [3.05, 3.63) is 70.4 Å². The number of carbonyl (C=O) groups is 2. The lowest BCUT2D eigenvalue weighted by Crippen LogP contribution is -2.34. The molecule has 4 aromatic rings. The molecule has 1 aromatic carbocycles. The first-order chi connectivity index (χ1) is 18.6. The van der Waals surface area contributed by atoms with E-state index in [4.69, 9.17) is 4.74 Å². The molecule has 200 valence electrons. The van der Waals surface area contributed by atoms with Crippen LogP contribution < -0.4 is 4.74 Å². The van der Waals surface area contributed by atoms with E-state index in [1.807, 2.05) is 10.3 Å². The lowest BCUT2D eigenvalue weighted by molar-refractivity contribution is -0.142. The third-order valence-electron chi connectivity index (χ3n) is 7.65. The van der Waals surface area contributed by atoms with Crippen molar-refractivity contribution in [3.8, 4) is 28.5 Å². The van der Waals surface area contributed by atoms with Crippen LogP contribution in [0, 0.1) is 17.7 Å². The molecule has 0 bridgehead atoms. The van der Waals surface area contributed by atoms with Crippen LogP contribution in [0.25, 0.3) is 22.6 Å². The molecule has 1 aliphatic heterocycles. The standard InChI is InChI=1S/C28H26FN5O4S/c1-28(2,27(36)37)16-8-20(15-4-6-17(29)7-5-15)31-24(9-16)38-25-18-11-34(12-19(18)25)26(35)23-10-21(32-33(23)3)22-13-39-14-30-22/h4-10,13-14,18-19,25H,11-12H2,1-3H3,(H,36,37)/t18-,19+,25?. The lowest BCUT2D eigenvalue weighted by Gasteiger charge is -2.22. The number of pyridine rings is 1. The number of rotatable bonds is 7. The highest BCUT2D eigenvalue weighted by Gasteiger charge is 2.59. The number of aliphatic carboxylic acids is 1. The monoisotopic (exact) mass is 547 g/mol. The number of piperidine rings is 1. The zero-order valence-electron chi connectivity index (χ0n) is 21.5. The molecule has 1 saturated heterocycles. The van der Waals surface area contributed by atoms with Crippen molar-refractivity contribution in [1.29, 1.82) is 0 Å². The van der Waals surface area contributed by atoms with E-state index < -0.39 is 11.4 Å². The van der Waals surface area contributed by atoms with Crippen LogP contribution in [0.3, 0.4) is 0 Å². The van der Waals surface area contributed by atoms with E-state index in [1.54, 1.807) is 61.4 Å². The van der Waals surface area contributed by atoms with Crippen molar-refractivity contribution in [2.24, 2.45) is 18.9 Å². The molecule has 1 amide bonds. The predicted molar refractivity (Wildman–Crippen MR) is 142 cm³/mol. The Morgan fingerprint density at radius 1 is 1.08 bits per heavy atom. The molecule has 2 aliphatic rings. The first-order valence-electron chi connectivity index (χ1n) is 12.5. The first kappa shape index (κ1) is 25.2. The van der Waals surface area contributed by atoms with Gasteiger partial charge in [-0.1, -0.05) is 0 Å². The van der Waals surface area contributed by atoms with Gasteiger partial charge in [-0.2, -0.15) is 5.10 Å². The number of hydrogen-bond donors (Lipinski definition) is 1. The van der Waals surface area contributed by atoms with Gasteiger partial charge < -0.3 is 14.7 Å². The Hall–Kier alpha value is -4.12. The second-order valence-corrected chi connectivity index (χ2v) is 11.3. The number of amides is 1. The number of nitrogens with zero attached hydrogens (tertiary/aromatic N) is 5. The van der Waals surface area contributed by atoms with Crippen LogP contribution in [0.2, 0.25) is 0 Å². The van der Waals surface area contributed by atoms with Gasteiger partial charge in [0.1, 0.15) is 29.0 Å². The summed E-state index contributed by atoms with van der Waals surface area (Å²) in [4.78, 5) is 35.9. The largest absolute Gasteiger partial charge is 0.481 e. The minimum Gasteiger partial charge on any atom is -0.481 e. The van der Waals surface area contributed by atoms with Crippen LogP contribution in [-0.2, 0) is 17.3 Å². The third kappa shape index (κ3) is 4.56. The Labute approximate surface area is 227 Å². The van der Waals surface area contributed by atoms with Crippen molar-refractivity contribution < 1.29 is 23.8 Å². The first-order valence-corrected chi connectivity index (χ1v) is 13.5. The summed E-state index contributed by atoms with van der Waals surface area (Å²) in [5.74, 6) is -0.792. The molecule has 3 atom stereocenters. The SMILES string of the molecule is Cn1nc(-c2cscn2)cc1C(=O)N1C[C@@H]2C(Oc3cc(C(C)(C)C(=O)O)cc(-c4ccc(F)cc4)n3)[C@@H]2C1. The summed E-state index contributed by atoms with van der Waals surface area (Å²) in [7, 11) is 1.75. The van der Waals surface area contributed by atoms with Crippen LogP contribution in [0.4, 0.5) is 4.39 Å². The molecule has 1 N–H and O–H groups in total. The second kappa shape index (κ2) is 9.26. The number of thiazole rings is 1. The van der Waals surface area contributed by atoms with E-state index in [2.05, 4.69) is 15.1 Å². The van der Waals surface area contributed by atoms with Crippen LogP contribution >= 0.6 is 11.3 Å². The molecule has 1 unspecified atom stereocenters. The molecule has 39 heavy (non-hydrogen) atoms. The molecule has 1 saturated carbocycles. The molecule has 9 nitrogen and oxygen atoms in total. The number of likely N-dealkylation sites (tertiary alicyclic amines) is 1. The van der Waals surface area contributed by atoms with E-state index in [0.717, 1.165) is 5.69 Å². The molecule has 0 radical (unpaired) electrons. The summed E-state index contributed by atoms with van der Waals surface area (Å²) >= 11 is 1.47. The number of fused-ring (bicyclic) bond motifs is 1. The summed E-state index contributed by atoms with van der Waals surface area (Å²) < 4.78 is 21.3. The number of ether oxygens (including phenoxy) is 1. The maximum atomic E-state index is 13.5. The van der Waals surface area contributed by atoms with E-state index in [-0.39, 0.29) is 29.7 Å². The maximum absolute atomic E-state index is 13.5. The second-order valence-electron chi connectivity index (χ2n) is 10.5. The average Bonchev–Trinajstić information content (AvgIpc) is 3.42. The molecule has 1 aliphatic carbocycles. The zero-order chi connectivity index (χ0) is 27.5. The average molecular weight is 548 g/mol. The Balaban J connectivity index is 1.18. The normalized spacial score (nSPS) is 20.1. The topological polar surface area (TPSA) is 110 Å². The fourth-order valence-electron chi connectivity index (χ4n) is 5.06. The summed E-state index contributed by atoms with van der Waals surface area (Å²) in [5.41, 5.74) is 4.17. The highest BCUT2D eigenvalue weighted by Crippen LogP contribution is 2.48. The zero-order valence-corrected chi connectivity index (χ0v) is 22.4. The highest BCUT2D eigenvalue weighted by atomic mass is 32.1. The van der Waals surface area contributed by atoms with Gasteiger partial charge in [0.15, 0.2) is 0 Å². The lowest BCUT2D eigenvalue weighted by atomic mass is 9.84. The molecule has 4 heterocycles. The van der Waals surface area contributed by atoms with Crippen molar-refractivity contribution in [2.45, 2.75) is 25.4 Å². The molecular formula is C28H26FN5O4S. The summed E-state index contributed by atoms with van der Waals surface area (Å²) in [6.07, 6.45) is -0.122.